The Morgan fingerprint density at radius 3 is 2.19 bits per heavy atom. The minimum atomic E-state index is -0.426. The number of carbonyl (C=O) groups excluding carboxylic acids is 2. The number of nitrogens with one attached hydrogen (secondary N) is 2. The van der Waals surface area contributed by atoms with E-state index in [1.165, 1.54) is 59.9 Å². The maximum Gasteiger partial charge on any atom is 0.257 e. The van der Waals surface area contributed by atoms with Crippen LogP contribution in [0.1, 0.15) is 16.1 Å². The second kappa shape index (κ2) is 7.83. The molecule has 0 aliphatic heterocycles. The van der Waals surface area contributed by atoms with Crippen LogP contribution in [0, 0.1) is 11.6 Å². The summed E-state index contributed by atoms with van der Waals surface area (Å²) in [6.45, 7) is 0. The van der Waals surface area contributed by atoms with Gasteiger partial charge in [-0.2, -0.15) is 0 Å². The monoisotopic (exact) mass is 373 g/mol. The van der Waals surface area contributed by atoms with Crippen molar-refractivity contribution in [2.24, 2.45) is 0 Å². The van der Waals surface area contributed by atoms with Gasteiger partial charge in [-0.05, 0) is 48.5 Å². The molecule has 0 aliphatic carbocycles. The van der Waals surface area contributed by atoms with Crippen LogP contribution in [0.3, 0.4) is 0 Å². The first-order valence-corrected chi connectivity index (χ1v) is 8.44. The third-order valence-corrected chi connectivity index (χ3v) is 4.15. The van der Waals surface area contributed by atoms with Gasteiger partial charge in [-0.1, -0.05) is 0 Å². The molecule has 0 fully saturated rings. The molecule has 2 N–H and O–H groups in total. The third-order valence-electron chi connectivity index (χ3n) is 3.35. The highest BCUT2D eigenvalue weighted by atomic mass is 32.1. The van der Waals surface area contributed by atoms with Crippen LogP contribution in [0.25, 0.3) is 0 Å². The number of anilines is 2. The smallest absolute Gasteiger partial charge is 0.257 e. The summed E-state index contributed by atoms with van der Waals surface area (Å²) in [5.41, 5.74) is 1.28. The Labute approximate surface area is 151 Å². The van der Waals surface area contributed by atoms with E-state index >= 15 is 0 Å². The molecule has 2 aromatic carbocycles. The van der Waals surface area contributed by atoms with Crippen molar-refractivity contribution in [3.63, 3.8) is 0 Å². The SMILES string of the molecule is O=C(Cc1csc(NC(=O)c2ccc(F)cc2)n1)Nc1ccc(F)cc1. The first-order chi connectivity index (χ1) is 12.5. The summed E-state index contributed by atoms with van der Waals surface area (Å²) in [6.07, 6.45) is 0.0142. The lowest BCUT2D eigenvalue weighted by Gasteiger charge is -2.03. The second-order valence-corrected chi connectivity index (χ2v) is 6.19. The fourth-order valence-electron chi connectivity index (χ4n) is 2.12. The van der Waals surface area contributed by atoms with Gasteiger partial charge in [0.05, 0.1) is 12.1 Å². The normalized spacial score (nSPS) is 10.4. The van der Waals surface area contributed by atoms with Crippen LogP contribution in [0.5, 0.6) is 0 Å². The van der Waals surface area contributed by atoms with Crippen molar-refractivity contribution in [1.82, 2.24) is 4.98 Å². The number of carbonyl (C=O) groups is 2. The molecular formula is C18H13F2N3O2S. The van der Waals surface area contributed by atoms with E-state index in [1.54, 1.807) is 5.38 Å². The third kappa shape index (κ3) is 4.70. The van der Waals surface area contributed by atoms with Crippen molar-refractivity contribution in [3.05, 3.63) is 76.8 Å². The predicted molar refractivity (Wildman–Crippen MR) is 95.2 cm³/mol. The molecule has 0 atom stereocenters. The van der Waals surface area contributed by atoms with Gasteiger partial charge in [0.25, 0.3) is 5.91 Å². The largest absolute Gasteiger partial charge is 0.326 e. The molecule has 5 nitrogen and oxygen atoms in total. The first kappa shape index (κ1) is 17.7. The van der Waals surface area contributed by atoms with Gasteiger partial charge in [-0.25, -0.2) is 13.8 Å². The average Bonchev–Trinajstić information content (AvgIpc) is 3.04. The zero-order valence-electron chi connectivity index (χ0n) is 13.3. The minimum absolute atomic E-state index is 0.0142. The van der Waals surface area contributed by atoms with Crippen molar-refractivity contribution < 1.29 is 18.4 Å². The quantitative estimate of drug-likeness (QED) is 0.714. The van der Waals surface area contributed by atoms with E-state index in [1.807, 2.05) is 0 Å². The summed E-state index contributed by atoms with van der Waals surface area (Å²) in [6, 6.07) is 10.6. The van der Waals surface area contributed by atoms with Gasteiger partial charge < -0.3 is 5.32 Å². The van der Waals surface area contributed by atoms with Crippen molar-refractivity contribution in [1.29, 1.82) is 0 Å². The lowest BCUT2D eigenvalue weighted by molar-refractivity contribution is -0.115. The predicted octanol–water partition coefficient (Wildman–Crippen LogP) is 3.85. The Hall–Kier alpha value is -3.13. The number of hydrogen-bond donors (Lipinski definition) is 2. The van der Waals surface area contributed by atoms with Crippen LogP contribution in [-0.2, 0) is 11.2 Å². The molecule has 1 aromatic heterocycles. The molecule has 0 saturated heterocycles. The van der Waals surface area contributed by atoms with Gasteiger partial charge in [0, 0.05) is 16.6 Å². The van der Waals surface area contributed by atoms with Crippen molar-refractivity contribution in [3.8, 4) is 0 Å². The molecule has 0 radical (unpaired) electrons. The van der Waals surface area contributed by atoms with Gasteiger partial charge in [0.1, 0.15) is 11.6 Å². The molecule has 0 saturated carbocycles. The van der Waals surface area contributed by atoms with Gasteiger partial charge in [0.2, 0.25) is 5.91 Å². The van der Waals surface area contributed by atoms with E-state index < -0.39 is 11.7 Å². The summed E-state index contributed by atoms with van der Waals surface area (Å²) in [4.78, 5) is 28.2. The fourth-order valence-corrected chi connectivity index (χ4v) is 2.82. The maximum absolute atomic E-state index is 12.9. The lowest BCUT2D eigenvalue weighted by atomic mass is 10.2. The lowest BCUT2D eigenvalue weighted by Crippen LogP contribution is -2.15. The molecule has 8 heteroatoms. The molecule has 0 aliphatic rings. The zero-order valence-corrected chi connectivity index (χ0v) is 14.1. The van der Waals surface area contributed by atoms with E-state index in [9.17, 15) is 18.4 Å². The summed E-state index contributed by atoms with van der Waals surface area (Å²) in [5.74, 6) is -1.53. The Morgan fingerprint density at radius 1 is 0.923 bits per heavy atom. The summed E-state index contributed by atoms with van der Waals surface area (Å²) < 4.78 is 25.7. The number of halogens is 2. The molecule has 0 unspecified atom stereocenters. The Morgan fingerprint density at radius 2 is 1.54 bits per heavy atom. The fraction of sp³-hybridized carbons (Fsp3) is 0.0556. The summed E-state index contributed by atoms with van der Waals surface area (Å²) >= 11 is 1.18. The molecular weight excluding hydrogens is 360 g/mol. The highest BCUT2D eigenvalue weighted by Crippen LogP contribution is 2.18. The number of aromatic nitrogens is 1. The number of benzene rings is 2. The number of amides is 2. The molecule has 2 amide bonds. The highest BCUT2D eigenvalue weighted by molar-refractivity contribution is 7.14. The van der Waals surface area contributed by atoms with E-state index in [0.29, 0.717) is 22.1 Å². The van der Waals surface area contributed by atoms with Crippen molar-refractivity contribution >= 4 is 34.0 Å². The van der Waals surface area contributed by atoms with Crippen LogP contribution < -0.4 is 10.6 Å². The zero-order chi connectivity index (χ0) is 18.5. The standard InChI is InChI=1S/C18H13F2N3O2S/c19-12-3-1-11(2-4-12)17(25)23-18-22-15(10-26-18)9-16(24)21-14-7-5-13(20)6-8-14/h1-8,10H,9H2,(H,21,24)(H,22,23,25). The van der Waals surface area contributed by atoms with Crippen LogP contribution in [0.2, 0.25) is 0 Å². The number of hydrogen-bond acceptors (Lipinski definition) is 4. The summed E-state index contributed by atoms with van der Waals surface area (Å²) in [7, 11) is 0. The van der Waals surface area contributed by atoms with E-state index in [2.05, 4.69) is 15.6 Å². The van der Waals surface area contributed by atoms with Crippen LogP contribution in [0.15, 0.2) is 53.9 Å². The Bertz CT molecular complexity index is 924. The molecule has 0 bridgehead atoms. The average molecular weight is 373 g/mol. The molecule has 1 heterocycles. The van der Waals surface area contributed by atoms with Gasteiger partial charge >= 0.3 is 0 Å². The van der Waals surface area contributed by atoms with Gasteiger partial charge in [-0.3, -0.25) is 14.9 Å². The first-order valence-electron chi connectivity index (χ1n) is 7.56. The molecule has 3 aromatic rings. The second-order valence-electron chi connectivity index (χ2n) is 5.34. The Kier molecular flexibility index (Phi) is 5.33. The molecule has 26 heavy (non-hydrogen) atoms. The van der Waals surface area contributed by atoms with E-state index in [-0.39, 0.29) is 18.1 Å². The van der Waals surface area contributed by atoms with Gasteiger partial charge in [0.15, 0.2) is 5.13 Å². The number of nitrogens with zero attached hydrogens (tertiary/aromatic N) is 1. The molecule has 132 valence electrons. The number of thiazole rings is 1. The van der Waals surface area contributed by atoms with E-state index in [0.717, 1.165) is 0 Å². The van der Waals surface area contributed by atoms with Crippen molar-refractivity contribution in [2.45, 2.75) is 6.42 Å². The molecule has 0 spiro atoms. The van der Waals surface area contributed by atoms with E-state index in [4.69, 9.17) is 0 Å². The number of rotatable bonds is 5. The van der Waals surface area contributed by atoms with Crippen LogP contribution >= 0.6 is 11.3 Å². The van der Waals surface area contributed by atoms with Crippen LogP contribution in [0.4, 0.5) is 19.6 Å². The van der Waals surface area contributed by atoms with Crippen molar-refractivity contribution in [2.75, 3.05) is 10.6 Å². The Balaban J connectivity index is 1.57. The maximum atomic E-state index is 12.9. The molecule has 3 rings (SSSR count). The topological polar surface area (TPSA) is 71.1 Å². The highest BCUT2D eigenvalue weighted by Gasteiger charge is 2.11. The minimum Gasteiger partial charge on any atom is -0.326 e. The van der Waals surface area contributed by atoms with Crippen LogP contribution in [-0.4, -0.2) is 16.8 Å². The summed E-state index contributed by atoms with van der Waals surface area (Å²) in [5, 5.41) is 7.23. The van der Waals surface area contributed by atoms with Gasteiger partial charge in [-0.15, -0.1) is 11.3 Å².